The van der Waals surface area contributed by atoms with Crippen LogP contribution in [0.25, 0.3) is 0 Å². The zero-order valence-electron chi connectivity index (χ0n) is 12.1. The van der Waals surface area contributed by atoms with E-state index in [2.05, 4.69) is 46.4 Å². The monoisotopic (exact) mass is 226 g/mol. The predicted octanol–water partition coefficient (Wildman–Crippen LogP) is 4.11. The number of unbranched alkanes of at least 4 members (excludes halogenated alkanes) is 2. The lowest BCUT2D eigenvalue weighted by atomic mass is 10.1. The number of nitrogens with zero attached hydrogens (tertiary/aromatic N) is 2. The van der Waals surface area contributed by atoms with E-state index in [0.717, 1.165) is 13.1 Å². The first-order chi connectivity index (χ1) is 7.40. The highest BCUT2D eigenvalue weighted by Gasteiger charge is 2.11. The van der Waals surface area contributed by atoms with Gasteiger partial charge in [-0.25, -0.2) is 0 Å². The van der Waals surface area contributed by atoms with Crippen LogP contribution in [0.15, 0.2) is 4.99 Å². The van der Waals surface area contributed by atoms with E-state index in [1.807, 2.05) is 0 Å². The fourth-order valence-corrected chi connectivity index (χ4v) is 1.69. The number of amidine groups is 1. The summed E-state index contributed by atoms with van der Waals surface area (Å²) in [7, 11) is 0. The van der Waals surface area contributed by atoms with Crippen LogP contribution in [0.5, 0.6) is 0 Å². The molecule has 0 aliphatic rings. The van der Waals surface area contributed by atoms with Gasteiger partial charge in [0, 0.05) is 13.1 Å². The molecule has 0 fully saturated rings. The topological polar surface area (TPSA) is 15.6 Å². The highest BCUT2D eigenvalue weighted by Crippen LogP contribution is 2.09. The second-order valence-electron chi connectivity index (χ2n) is 5.52. The van der Waals surface area contributed by atoms with E-state index in [0.29, 0.717) is 0 Å². The number of hydrogen-bond donors (Lipinski definition) is 0. The standard InChI is InChI=1S/C14H30N2/c1-7-9-11-16(12-10-8-2)13(3)15-14(4,5)6/h7-12H2,1-6H3/b15-13+. The quantitative estimate of drug-likeness (QED) is 0.491. The molecule has 96 valence electrons. The van der Waals surface area contributed by atoms with E-state index in [4.69, 9.17) is 4.99 Å². The van der Waals surface area contributed by atoms with Gasteiger partial charge in [-0.15, -0.1) is 0 Å². The molecule has 0 N–H and O–H groups in total. The van der Waals surface area contributed by atoms with Gasteiger partial charge in [-0.05, 0) is 40.5 Å². The van der Waals surface area contributed by atoms with Crippen molar-refractivity contribution in [3.05, 3.63) is 0 Å². The molecule has 16 heavy (non-hydrogen) atoms. The minimum atomic E-state index is 0.0424. The largest absolute Gasteiger partial charge is 0.361 e. The summed E-state index contributed by atoms with van der Waals surface area (Å²) in [6.07, 6.45) is 5.04. The van der Waals surface area contributed by atoms with Crippen molar-refractivity contribution in [1.82, 2.24) is 4.90 Å². The molecule has 0 aromatic heterocycles. The van der Waals surface area contributed by atoms with Gasteiger partial charge in [0.15, 0.2) is 0 Å². The molecule has 2 nitrogen and oxygen atoms in total. The van der Waals surface area contributed by atoms with Crippen LogP contribution in [0.3, 0.4) is 0 Å². The van der Waals surface area contributed by atoms with Gasteiger partial charge >= 0.3 is 0 Å². The van der Waals surface area contributed by atoms with Crippen molar-refractivity contribution in [2.24, 2.45) is 4.99 Å². The van der Waals surface area contributed by atoms with E-state index in [1.165, 1.54) is 31.5 Å². The lowest BCUT2D eigenvalue weighted by molar-refractivity contribution is 0.389. The third-order valence-electron chi connectivity index (χ3n) is 2.52. The van der Waals surface area contributed by atoms with E-state index < -0.39 is 0 Å². The third kappa shape index (κ3) is 7.72. The molecule has 0 aromatic rings. The van der Waals surface area contributed by atoms with Crippen molar-refractivity contribution in [3.63, 3.8) is 0 Å². The maximum atomic E-state index is 4.76. The summed E-state index contributed by atoms with van der Waals surface area (Å²) in [6.45, 7) is 15.4. The summed E-state index contributed by atoms with van der Waals surface area (Å²) in [6, 6.07) is 0. The molecule has 0 amide bonds. The van der Waals surface area contributed by atoms with E-state index in [-0.39, 0.29) is 5.54 Å². The van der Waals surface area contributed by atoms with Gasteiger partial charge in [0.1, 0.15) is 0 Å². The fourth-order valence-electron chi connectivity index (χ4n) is 1.69. The van der Waals surface area contributed by atoms with Gasteiger partial charge in [0.25, 0.3) is 0 Å². The Morgan fingerprint density at radius 2 is 1.44 bits per heavy atom. The molecule has 0 bridgehead atoms. The molecular formula is C14H30N2. The van der Waals surface area contributed by atoms with Crippen molar-refractivity contribution in [2.45, 2.75) is 72.8 Å². The van der Waals surface area contributed by atoms with E-state index in [1.54, 1.807) is 0 Å². The Balaban J connectivity index is 4.41. The lowest BCUT2D eigenvalue weighted by Gasteiger charge is -2.26. The molecule has 0 radical (unpaired) electrons. The van der Waals surface area contributed by atoms with Crippen LogP contribution >= 0.6 is 0 Å². The minimum Gasteiger partial charge on any atom is -0.361 e. The first-order valence-electron chi connectivity index (χ1n) is 6.72. The summed E-state index contributed by atoms with van der Waals surface area (Å²) >= 11 is 0. The average molecular weight is 226 g/mol. The van der Waals surface area contributed by atoms with Crippen LogP contribution in [0.4, 0.5) is 0 Å². The summed E-state index contributed by atoms with van der Waals surface area (Å²) in [5.41, 5.74) is 0.0424. The van der Waals surface area contributed by atoms with Gasteiger partial charge in [0.05, 0.1) is 11.4 Å². The Labute approximate surface area is 102 Å². The number of hydrogen-bond acceptors (Lipinski definition) is 1. The molecule has 0 heterocycles. The molecule has 0 aliphatic carbocycles. The van der Waals surface area contributed by atoms with Gasteiger partial charge in [0.2, 0.25) is 0 Å². The normalized spacial score (nSPS) is 13.0. The summed E-state index contributed by atoms with van der Waals surface area (Å²) in [4.78, 5) is 7.20. The fraction of sp³-hybridized carbons (Fsp3) is 0.929. The van der Waals surface area contributed by atoms with Gasteiger partial charge < -0.3 is 4.90 Å². The van der Waals surface area contributed by atoms with Gasteiger partial charge in [-0.1, -0.05) is 26.7 Å². The van der Waals surface area contributed by atoms with E-state index >= 15 is 0 Å². The Morgan fingerprint density at radius 1 is 1.00 bits per heavy atom. The molecule has 0 spiro atoms. The molecule has 0 saturated heterocycles. The van der Waals surface area contributed by atoms with Crippen LogP contribution in [-0.4, -0.2) is 29.4 Å². The predicted molar refractivity (Wildman–Crippen MR) is 74.3 cm³/mol. The highest BCUT2D eigenvalue weighted by atomic mass is 15.2. The Bertz CT molecular complexity index is 193. The number of rotatable bonds is 6. The average Bonchev–Trinajstić information content (AvgIpc) is 2.15. The molecule has 0 rings (SSSR count). The van der Waals surface area contributed by atoms with Gasteiger partial charge in [-0.2, -0.15) is 0 Å². The summed E-state index contributed by atoms with van der Waals surface area (Å²) in [5.74, 6) is 1.20. The van der Waals surface area contributed by atoms with Crippen molar-refractivity contribution in [3.8, 4) is 0 Å². The first-order valence-corrected chi connectivity index (χ1v) is 6.72. The summed E-state index contributed by atoms with van der Waals surface area (Å²) in [5, 5.41) is 0. The van der Waals surface area contributed by atoms with E-state index in [9.17, 15) is 0 Å². The SMILES string of the molecule is CCCCN(CCCC)/C(C)=N/C(C)(C)C. The van der Waals surface area contributed by atoms with Crippen LogP contribution in [0.1, 0.15) is 67.2 Å². The third-order valence-corrected chi connectivity index (χ3v) is 2.52. The molecule has 0 aromatic carbocycles. The molecule has 0 unspecified atom stereocenters. The first kappa shape index (κ1) is 15.5. The summed E-state index contributed by atoms with van der Waals surface area (Å²) < 4.78 is 0. The van der Waals surface area contributed by atoms with Crippen molar-refractivity contribution in [1.29, 1.82) is 0 Å². The minimum absolute atomic E-state index is 0.0424. The lowest BCUT2D eigenvalue weighted by Crippen LogP contribution is -2.33. The van der Waals surface area contributed by atoms with Crippen LogP contribution < -0.4 is 0 Å². The number of aliphatic imine (C=N–C) groups is 1. The Morgan fingerprint density at radius 3 is 1.75 bits per heavy atom. The second-order valence-corrected chi connectivity index (χ2v) is 5.52. The Kier molecular flexibility index (Phi) is 7.44. The smallest absolute Gasteiger partial charge is 0.0964 e. The Hall–Kier alpha value is -0.530. The van der Waals surface area contributed by atoms with Crippen molar-refractivity contribution < 1.29 is 0 Å². The molecule has 0 saturated carbocycles. The van der Waals surface area contributed by atoms with Crippen LogP contribution in [0, 0.1) is 0 Å². The molecule has 0 atom stereocenters. The molecular weight excluding hydrogens is 196 g/mol. The van der Waals surface area contributed by atoms with Crippen molar-refractivity contribution in [2.75, 3.05) is 13.1 Å². The van der Waals surface area contributed by atoms with Crippen LogP contribution in [0.2, 0.25) is 0 Å². The van der Waals surface area contributed by atoms with Crippen LogP contribution in [-0.2, 0) is 0 Å². The zero-order valence-corrected chi connectivity index (χ0v) is 12.1. The maximum absolute atomic E-state index is 4.76. The zero-order chi connectivity index (χ0) is 12.6. The molecule has 2 heteroatoms. The molecule has 0 aliphatic heterocycles. The highest BCUT2D eigenvalue weighted by molar-refractivity contribution is 5.80. The van der Waals surface area contributed by atoms with Crippen molar-refractivity contribution >= 4 is 5.84 Å². The van der Waals surface area contributed by atoms with Gasteiger partial charge in [-0.3, -0.25) is 4.99 Å². The second kappa shape index (κ2) is 7.70. The maximum Gasteiger partial charge on any atom is 0.0964 e.